The Balaban J connectivity index is 1.41. The smallest absolute Gasteiger partial charge is 0.226 e. The molecular formula is C29H26BrFN4O2S. The van der Waals surface area contributed by atoms with Gasteiger partial charge in [-0.1, -0.05) is 47.1 Å². The lowest BCUT2D eigenvalue weighted by molar-refractivity contribution is -0.116. The van der Waals surface area contributed by atoms with Crippen molar-refractivity contribution in [2.45, 2.75) is 31.8 Å². The number of hydrogen-bond donors (Lipinski definition) is 2. The van der Waals surface area contributed by atoms with E-state index in [0.29, 0.717) is 33.2 Å². The highest BCUT2D eigenvalue weighted by atomic mass is 79.9. The van der Waals surface area contributed by atoms with E-state index in [0.717, 1.165) is 23.4 Å². The highest BCUT2D eigenvalue weighted by Gasteiger charge is 2.41. The lowest BCUT2D eigenvalue weighted by Gasteiger charge is -2.26. The molecule has 1 aliphatic heterocycles. The van der Waals surface area contributed by atoms with E-state index in [9.17, 15) is 9.18 Å². The molecule has 2 atom stereocenters. The molecule has 38 heavy (non-hydrogen) atoms. The summed E-state index contributed by atoms with van der Waals surface area (Å²) in [6.07, 6.45) is 2.77. The second kappa shape index (κ2) is 11.4. The van der Waals surface area contributed by atoms with Crippen LogP contribution in [0.4, 0.5) is 10.1 Å². The molecule has 1 fully saturated rings. The van der Waals surface area contributed by atoms with Crippen LogP contribution < -0.4 is 10.6 Å². The molecule has 5 rings (SSSR count). The van der Waals surface area contributed by atoms with Gasteiger partial charge in [0.05, 0.1) is 17.3 Å². The van der Waals surface area contributed by atoms with Gasteiger partial charge in [-0.15, -0.1) is 0 Å². The number of pyridine rings is 1. The van der Waals surface area contributed by atoms with E-state index in [-0.39, 0.29) is 30.2 Å². The minimum absolute atomic E-state index is 0.106. The summed E-state index contributed by atoms with van der Waals surface area (Å²) >= 11 is 8.99. The molecule has 4 aromatic rings. The number of amides is 1. The number of nitrogens with one attached hydrogen (secondary N) is 2. The van der Waals surface area contributed by atoms with Gasteiger partial charge in [-0.05, 0) is 72.7 Å². The number of carbonyl (C=O) groups excluding carboxylic acids is 1. The van der Waals surface area contributed by atoms with Crippen molar-refractivity contribution in [2.24, 2.45) is 0 Å². The standard InChI is InChI=1S/C29H26BrFN4O2S/c1-2-18-7-3-4-8-22(18)33-26(36)14-16-35-28(27(34-29(35)38)23-9-5-6-15-32-23)25-13-12-24(37-25)20-11-10-19(30)17-21(20)31/h3-13,15,17,27-28H,2,14,16H2,1H3,(H,33,36)(H,34,38)/t27-,28-/m1/s1. The van der Waals surface area contributed by atoms with Crippen LogP contribution >= 0.6 is 28.1 Å². The number of anilines is 1. The number of aromatic nitrogens is 1. The molecule has 2 aromatic carbocycles. The fourth-order valence-electron chi connectivity index (χ4n) is 4.69. The van der Waals surface area contributed by atoms with Crippen LogP contribution in [0.5, 0.6) is 0 Å². The first-order chi connectivity index (χ1) is 18.4. The van der Waals surface area contributed by atoms with Crippen LogP contribution in [0.25, 0.3) is 11.3 Å². The molecule has 2 aromatic heterocycles. The molecule has 0 radical (unpaired) electrons. The van der Waals surface area contributed by atoms with Crippen molar-refractivity contribution >= 4 is 44.9 Å². The van der Waals surface area contributed by atoms with Crippen molar-refractivity contribution in [2.75, 3.05) is 11.9 Å². The number of rotatable bonds is 8. The molecule has 0 unspecified atom stereocenters. The number of hydrogen-bond acceptors (Lipinski definition) is 4. The summed E-state index contributed by atoms with van der Waals surface area (Å²) in [5.74, 6) is 0.520. The first-order valence-corrected chi connectivity index (χ1v) is 13.6. The summed E-state index contributed by atoms with van der Waals surface area (Å²) in [6, 6.07) is 21.2. The molecule has 0 saturated carbocycles. The Hall–Kier alpha value is -3.56. The largest absolute Gasteiger partial charge is 0.459 e. The Labute approximate surface area is 234 Å². The zero-order valence-corrected chi connectivity index (χ0v) is 23.1. The fourth-order valence-corrected chi connectivity index (χ4v) is 5.35. The molecule has 9 heteroatoms. The summed E-state index contributed by atoms with van der Waals surface area (Å²) in [5.41, 5.74) is 3.05. The Morgan fingerprint density at radius 2 is 1.97 bits per heavy atom. The van der Waals surface area contributed by atoms with Gasteiger partial charge in [-0.3, -0.25) is 9.78 Å². The Kier molecular flexibility index (Phi) is 7.85. The predicted molar refractivity (Wildman–Crippen MR) is 153 cm³/mol. The number of benzene rings is 2. The fraction of sp³-hybridized carbons (Fsp3) is 0.207. The highest BCUT2D eigenvalue weighted by molar-refractivity contribution is 9.10. The molecule has 0 aliphatic carbocycles. The van der Waals surface area contributed by atoms with Crippen molar-refractivity contribution < 1.29 is 13.6 Å². The second-order valence-electron chi connectivity index (χ2n) is 8.96. The number of nitrogens with zero attached hydrogens (tertiary/aromatic N) is 2. The molecule has 3 heterocycles. The number of carbonyl (C=O) groups is 1. The average Bonchev–Trinajstić information content (AvgIpc) is 3.52. The Morgan fingerprint density at radius 1 is 1.16 bits per heavy atom. The highest BCUT2D eigenvalue weighted by Crippen LogP contribution is 2.41. The van der Waals surface area contributed by atoms with Gasteiger partial charge in [0.25, 0.3) is 0 Å². The third kappa shape index (κ3) is 5.49. The van der Waals surface area contributed by atoms with Gasteiger partial charge in [0, 0.05) is 29.3 Å². The van der Waals surface area contributed by atoms with Crippen LogP contribution in [-0.4, -0.2) is 27.4 Å². The topological polar surface area (TPSA) is 70.4 Å². The number of aryl methyl sites for hydroxylation is 1. The lowest BCUT2D eigenvalue weighted by Crippen LogP contribution is -2.32. The summed E-state index contributed by atoms with van der Waals surface area (Å²) in [4.78, 5) is 19.4. The average molecular weight is 594 g/mol. The van der Waals surface area contributed by atoms with Crippen LogP contribution in [-0.2, 0) is 11.2 Å². The van der Waals surface area contributed by atoms with E-state index in [4.69, 9.17) is 16.6 Å². The van der Waals surface area contributed by atoms with E-state index in [1.807, 2.05) is 53.4 Å². The van der Waals surface area contributed by atoms with Crippen molar-refractivity contribution in [1.29, 1.82) is 0 Å². The molecule has 0 bridgehead atoms. The maximum Gasteiger partial charge on any atom is 0.226 e. The summed E-state index contributed by atoms with van der Waals surface area (Å²) in [6.45, 7) is 2.42. The Bertz CT molecular complexity index is 1460. The molecule has 1 saturated heterocycles. The van der Waals surface area contributed by atoms with Crippen LogP contribution in [0.3, 0.4) is 0 Å². The van der Waals surface area contributed by atoms with Gasteiger partial charge in [0.2, 0.25) is 5.91 Å². The first-order valence-electron chi connectivity index (χ1n) is 12.4. The predicted octanol–water partition coefficient (Wildman–Crippen LogP) is 6.81. The van der Waals surface area contributed by atoms with Gasteiger partial charge in [0.15, 0.2) is 5.11 Å². The zero-order chi connectivity index (χ0) is 26.6. The second-order valence-corrected chi connectivity index (χ2v) is 10.3. The Morgan fingerprint density at radius 3 is 2.74 bits per heavy atom. The molecule has 1 amide bonds. The van der Waals surface area contributed by atoms with Crippen molar-refractivity contribution in [3.05, 3.63) is 106 Å². The normalized spacial score (nSPS) is 16.9. The van der Waals surface area contributed by atoms with Crippen molar-refractivity contribution in [3.8, 4) is 11.3 Å². The van der Waals surface area contributed by atoms with E-state index >= 15 is 0 Å². The van der Waals surface area contributed by atoms with Gasteiger partial charge >= 0.3 is 0 Å². The summed E-state index contributed by atoms with van der Waals surface area (Å²) < 4.78 is 21.5. The molecule has 6 nitrogen and oxygen atoms in total. The van der Waals surface area contributed by atoms with Crippen LogP contribution in [0.15, 0.2) is 87.9 Å². The first kappa shape index (κ1) is 26.1. The number of furan rings is 1. The number of thiocarbonyl (C=S) groups is 1. The SMILES string of the molecule is CCc1ccccc1NC(=O)CCN1C(=S)N[C@H](c2ccccn2)[C@H]1c1ccc(-c2ccc(Br)cc2F)o1. The van der Waals surface area contributed by atoms with E-state index in [1.54, 1.807) is 24.4 Å². The monoisotopic (exact) mass is 592 g/mol. The summed E-state index contributed by atoms with van der Waals surface area (Å²) in [5, 5.41) is 6.87. The van der Waals surface area contributed by atoms with Crippen molar-refractivity contribution in [3.63, 3.8) is 0 Å². The van der Waals surface area contributed by atoms with Crippen LogP contribution in [0, 0.1) is 5.82 Å². The van der Waals surface area contributed by atoms with Crippen LogP contribution in [0.2, 0.25) is 0 Å². The van der Waals surface area contributed by atoms with Gasteiger partial charge in [0.1, 0.15) is 23.4 Å². The van der Waals surface area contributed by atoms with Gasteiger partial charge in [-0.2, -0.15) is 0 Å². The molecule has 2 N–H and O–H groups in total. The van der Waals surface area contributed by atoms with E-state index in [2.05, 4.69) is 38.5 Å². The van der Waals surface area contributed by atoms with Gasteiger partial charge in [-0.25, -0.2) is 4.39 Å². The molecule has 0 spiro atoms. The third-order valence-corrected chi connectivity index (χ3v) is 7.41. The van der Waals surface area contributed by atoms with E-state index < -0.39 is 0 Å². The maximum absolute atomic E-state index is 14.7. The number of para-hydroxylation sites is 1. The molecular weight excluding hydrogens is 567 g/mol. The van der Waals surface area contributed by atoms with Crippen LogP contribution in [0.1, 0.15) is 42.4 Å². The number of halogens is 2. The molecule has 1 aliphatic rings. The van der Waals surface area contributed by atoms with Crippen molar-refractivity contribution in [1.82, 2.24) is 15.2 Å². The lowest BCUT2D eigenvalue weighted by atomic mass is 10.0. The summed E-state index contributed by atoms with van der Waals surface area (Å²) in [7, 11) is 0. The van der Waals surface area contributed by atoms with Gasteiger partial charge < -0.3 is 20.0 Å². The molecule has 194 valence electrons. The quantitative estimate of drug-likeness (QED) is 0.219. The zero-order valence-electron chi connectivity index (χ0n) is 20.7. The van der Waals surface area contributed by atoms with E-state index in [1.165, 1.54) is 6.07 Å². The minimum atomic E-state index is -0.387. The third-order valence-electron chi connectivity index (χ3n) is 6.56. The minimum Gasteiger partial charge on any atom is -0.459 e. The maximum atomic E-state index is 14.7.